The van der Waals surface area contributed by atoms with E-state index < -0.39 is 5.41 Å². The smallest absolute Gasteiger partial charge is 0.237 e. The number of hydrogen-bond acceptors (Lipinski definition) is 2. The zero-order chi connectivity index (χ0) is 15.0. The van der Waals surface area contributed by atoms with Gasteiger partial charge in [-0.25, -0.2) is 0 Å². The standard InChI is InChI=1S/C18H18N2O/c1-18(2,3)17(21)20-15(13-7-5-4-6-8-13)11-14-9-10-19-12-16(14)20/h4-12H,1-3H3. The molecule has 106 valence electrons. The molecule has 0 aliphatic rings. The first-order valence-corrected chi connectivity index (χ1v) is 7.04. The van der Waals surface area contributed by atoms with Crippen LogP contribution in [-0.2, 0) is 0 Å². The summed E-state index contributed by atoms with van der Waals surface area (Å²) >= 11 is 0. The van der Waals surface area contributed by atoms with Crippen molar-refractivity contribution in [3.8, 4) is 11.3 Å². The molecule has 2 heterocycles. The number of benzene rings is 1. The number of hydrogen-bond donors (Lipinski definition) is 0. The van der Waals surface area contributed by atoms with Crippen molar-refractivity contribution in [2.24, 2.45) is 5.41 Å². The molecule has 21 heavy (non-hydrogen) atoms. The van der Waals surface area contributed by atoms with Gasteiger partial charge in [0.15, 0.2) is 0 Å². The van der Waals surface area contributed by atoms with E-state index >= 15 is 0 Å². The topological polar surface area (TPSA) is 34.9 Å². The molecule has 3 heteroatoms. The van der Waals surface area contributed by atoms with Crippen LogP contribution >= 0.6 is 0 Å². The van der Waals surface area contributed by atoms with Crippen molar-refractivity contribution in [3.63, 3.8) is 0 Å². The van der Waals surface area contributed by atoms with Gasteiger partial charge in [0.05, 0.1) is 17.4 Å². The zero-order valence-electron chi connectivity index (χ0n) is 12.5. The molecule has 0 unspecified atom stereocenters. The summed E-state index contributed by atoms with van der Waals surface area (Å²) in [4.78, 5) is 17.0. The van der Waals surface area contributed by atoms with Crippen LogP contribution in [0.4, 0.5) is 0 Å². The molecule has 0 aliphatic carbocycles. The normalized spacial score (nSPS) is 11.8. The van der Waals surface area contributed by atoms with Crippen molar-refractivity contribution < 1.29 is 4.79 Å². The molecule has 0 atom stereocenters. The number of pyridine rings is 1. The first kappa shape index (κ1) is 13.6. The molecule has 1 aromatic carbocycles. The molecule has 0 saturated heterocycles. The van der Waals surface area contributed by atoms with Gasteiger partial charge in [-0.05, 0) is 17.7 Å². The average Bonchev–Trinajstić information content (AvgIpc) is 2.85. The van der Waals surface area contributed by atoms with Crippen molar-refractivity contribution in [2.45, 2.75) is 20.8 Å². The predicted octanol–water partition coefficient (Wildman–Crippen LogP) is 4.39. The summed E-state index contributed by atoms with van der Waals surface area (Å²) < 4.78 is 1.79. The van der Waals surface area contributed by atoms with E-state index in [0.717, 1.165) is 22.2 Å². The van der Waals surface area contributed by atoms with E-state index in [1.807, 2.05) is 57.2 Å². The SMILES string of the molecule is CC(C)(C)C(=O)n1c(-c2ccccc2)cc2ccncc21. The molecule has 0 N–H and O–H groups in total. The van der Waals surface area contributed by atoms with E-state index in [0.29, 0.717) is 0 Å². The molecule has 3 rings (SSSR count). The Balaban J connectivity index is 2.32. The largest absolute Gasteiger partial charge is 0.278 e. The Morgan fingerprint density at radius 3 is 2.48 bits per heavy atom. The third-order valence-electron chi connectivity index (χ3n) is 3.52. The third-order valence-corrected chi connectivity index (χ3v) is 3.52. The van der Waals surface area contributed by atoms with E-state index in [-0.39, 0.29) is 5.91 Å². The van der Waals surface area contributed by atoms with Gasteiger partial charge in [-0.2, -0.15) is 0 Å². The Hall–Kier alpha value is -2.42. The third kappa shape index (κ3) is 2.35. The first-order chi connectivity index (χ1) is 9.98. The molecule has 3 aromatic rings. The fourth-order valence-corrected chi connectivity index (χ4v) is 2.42. The van der Waals surface area contributed by atoms with Crippen LogP contribution in [-0.4, -0.2) is 15.5 Å². The quantitative estimate of drug-likeness (QED) is 0.661. The minimum Gasteiger partial charge on any atom is -0.278 e. The van der Waals surface area contributed by atoms with Crippen molar-refractivity contribution in [1.29, 1.82) is 0 Å². The number of fused-ring (bicyclic) bond motifs is 1. The number of aromatic nitrogens is 2. The van der Waals surface area contributed by atoms with E-state index in [1.165, 1.54) is 0 Å². The first-order valence-electron chi connectivity index (χ1n) is 7.04. The molecule has 2 aromatic heterocycles. The fraction of sp³-hybridized carbons (Fsp3) is 0.222. The van der Waals surface area contributed by atoms with Crippen LogP contribution in [0, 0.1) is 5.41 Å². The van der Waals surface area contributed by atoms with Crippen molar-refractivity contribution in [1.82, 2.24) is 9.55 Å². The highest BCUT2D eigenvalue weighted by atomic mass is 16.2. The Morgan fingerprint density at radius 1 is 1.10 bits per heavy atom. The number of nitrogens with zero attached hydrogens (tertiary/aromatic N) is 2. The van der Waals surface area contributed by atoms with Crippen LogP contribution in [0.3, 0.4) is 0 Å². The Labute approximate surface area is 124 Å². The second kappa shape index (κ2) is 4.85. The van der Waals surface area contributed by atoms with E-state index in [9.17, 15) is 4.79 Å². The van der Waals surface area contributed by atoms with Crippen LogP contribution in [0.5, 0.6) is 0 Å². The van der Waals surface area contributed by atoms with Gasteiger partial charge in [0, 0.05) is 17.0 Å². The lowest BCUT2D eigenvalue weighted by Crippen LogP contribution is -2.27. The van der Waals surface area contributed by atoms with E-state index in [1.54, 1.807) is 17.0 Å². The van der Waals surface area contributed by atoms with Gasteiger partial charge in [0.1, 0.15) is 0 Å². The monoisotopic (exact) mass is 278 g/mol. The molecule has 0 radical (unpaired) electrons. The maximum atomic E-state index is 12.9. The molecule has 0 bridgehead atoms. The van der Waals surface area contributed by atoms with Crippen molar-refractivity contribution >= 4 is 16.8 Å². The Bertz CT molecular complexity index is 795. The molecule has 0 fully saturated rings. The minimum atomic E-state index is -0.453. The Morgan fingerprint density at radius 2 is 1.81 bits per heavy atom. The molecule has 0 amide bonds. The summed E-state index contributed by atoms with van der Waals surface area (Å²) in [6.07, 6.45) is 3.51. The average molecular weight is 278 g/mol. The van der Waals surface area contributed by atoms with Crippen LogP contribution in [0.1, 0.15) is 25.6 Å². The molecular weight excluding hydrogens is 260 g/mol. The highest BCUT2D eigenvalue weighted by Crippen LogP contribution is 2.30. The number of rotatable bonds is 1. The maximum Gasteiger partial charge on any atom is 0.237 e. The van der Waals surface area contributed by atoms with Gasteiger partial charge in [0.2, 0.25) is 5.91 Å². The highest BCUT2D eigenvalue weighted by molar-refractivity contribution is 5.99. The molecular formula is C18H18N2O. The van der Waals surface area contributed by atoms with Crippen molar-refractivity contribution in [3.05, 3.63) is 54.9 Å². The second-order valence-electron chi connectivity index (χ2n) is 6.22. The van der Waals surface area contributed by atoms with Crippen LogP contribution in [0.2, 0.25) is 0 Å². The predicted molar refractivity (Wildman–Crippen MR) is 85.3 cm³/mol. The summed E-state index contributed by atoms with van der Waals surface area (Å²) in [5, 5.41) is 1.03. The lowest BCUT2D eigenvalue weighted by Gasteiger charge is -2.20. The number of carbonyl (C=O) groups is 1. The van der Waals surface area contributed by atoms with Gasteiger partial charge >= 0.3 is 0 Å². The van der Waals surface area contributed by atoms with Crippen LogP contribution < -0.4 is 0 Å². The molecule has 3 nitrogen and oxygen atoms in total. The zero-order valence-corrected chi connectivity index (χ0v) is 12.5. The van der Waals surface area contributed by atoms with Gasteiger partial charge in [-0.15, -0.1) is 0 Å². The summed E-state index contributed by atoms with van der Waals surface area (Å²) in [7, 11) is 0. The minimum absolute atomic E-state index is 0.0735. The van der Waals surface area contributed by atoms with E-state index in [4.69, 9.17) is 0 Å². The van der Waals surface area contributed by atoms with E-state index in [2.05, 4.69) is 11.1 Å². The summed E-state index contributed by atoms with van der Waals surface area (Å²) in [5.74, 6) is 0.0735. The highest BCUT2D eigenvalue weighted by Gasteiger charge is 2.27. The molecule has 0 aliphatic heterocycles. The van der Waals surface area contributed by atoms with Gasteiger partial charge < -0.3 is 0 Å². The van der Waals surface area contributed by atoms with Gasteiger partial charge in [-0.1, -0.05) is 51.1 Å². The molecule has 0 saturated carbocycles. The summed E-state index contributed by atoms with van der Waals surface area (Å²) in [5.41, 5.74) is 2.35. The van der Waals surface area contributed by atoms with Crippen LogP contribution in [0.15, 0.2) is 54.9 Å². The fourth-order valence-electron chi connectivity index (χ4n) is 2.42. The Kier molecular flexibility index (Phi) is 3.13. The van der Waals surface area contributed by atoms with Gasteiger partial charge in [0.25, 0.3) is 0 Å². The molecule has 0 spiro atoms. The van der Waals surface area contributed by atoms with Crippen molar-refractivity contribution in [2.75, 3.05) is 0 Å². The summed E-state index contributed by atoms with van der Waals surface area (Å²) in [6, 6.07) is 14.0. The lowest BCUT2D eigenvalue weighted by atomic mass is 9.95. The lowest BCUT2D eigenvalue weighted by molar-refractivity contribution is 0.0775. The maximum absolute atomic E-state index is 12.9. The van der Waals surface area contributed by atoms with Crippen LogP contribution in [0.25, 0.3) is 22.2 Å². The second-order valence-corrected chi connectivity index (χ2v) is 6.22. The number of carbonyl (C=O) groups excluding carboxylic acids is 1. The van der Waals surface area contributed by atoms with Gasteiger partial charge in [-0.3, -0.25) is 14.3 Å². The summed E-state index contributed by atoms with van der Waals surface area (Å²) in [6.45, 7) is 5.81.